The molecule has 1 nitrogen and oxygen atoms in total. The Morgan fingerprint density at radius 3 is 2.71 bits per heavy atom. The Morgan fingerprint density at radius 1 is 1.21 bits per heavy atom. The van der Waals surface area contributed by atoms with E-state index in [9.17, 15) is 0 Å². The zero-order valence-electron chi connectivity index (χ0n) is 8.74. The summed E-state index contributed by atoms with van der Waals surface area (Å²) in [5.41, 5.74) is 2.92. The number of benzene rings is 1. The highest BCUT2D eigenvalue weighted by atomic mass is 15.1. The second kappa shape index (κ2) is 4.32. The van der Waals surface area contributed by atoms with E-state index in [-0.39, 0.29) is 0 Å². The Labute approximate surface area is 86.1 Å². The molecule has 0 aliphatic carbocycles. The van der Waals surface area contributed by atoms with Gasteiger partial charge in [-0.15, -0.1) is 0 Å². The van der Waals surface area contributed by atoms with E-state index in [4.69, 9.17) is 0 Å². The van der Waals surface area contributed by atoms with Crippen LogP contribution in [0.2, 0.25) is 0 Å². The largest absolute Gasteiger partial charge is 0.370 e. The van der Waals surface area contributed by atoms with Gasteiger partial charge in [-0.3, -0.25) is 0 Å². The van der Waals surface area contributed by atoms with E-state index < -0.39 is 0 Å². The Balaban J connectivity index is 2.02. The maximum absolute atomic E-state index is 2.48. The van der Waals surface area contributed by atoms with Gasteiger partial charge in [0.05, 0.1) is 0 Å². The topological polar surface area (TPSA) is 3.24 Å². The summed E-state index contributed by atoms with van der Waals surface area (Å²) in [5, 5.41) is 0. The van der Waals surface area contributed by atoms with E-state index in [0.717, 1.165) is 13.0 Å². The van der Waals surface area contributed by atoms with Crippen molar-refractivity contribution in [3.05, 3.63) is 47.7 Å². The molecule has 1 aliphatic heterocycles. The predicted molar refractivity (Wildman–Crippen MR) is 59.8 cm³/mol. The summed E-state index contributed by atoms with van der Waals surface area (Å²) in [4.78, 5) is 2.48. The molecule has 1 aliphatic rings. The van der Waals surface area contributed by atoms with Crippen molar-refractivity contribution < 1.29 is 0 Å². The molecule has 14 heavy (non-hydrogen) atoms. The Morgan fingerprint density at radius 2 is 2.00 bits per heavy atom. The van der Waals surface area contributed by atoms with Crippen LogP contribution in [0.3, 0.4) is 0 Å². The van der Waals surface area contributed by atoms with Crippen molar-refractivity contribution in [2.45, 2.75) is 26.3 Å². The maximum atomic E-state index is 2.48. The molecule has 2 rings (SSSR count). The molecule has 0 aromatic heterocycles. The molecule has 1 aromatic rings. The predicted octanol–water partition coefficient (Wildman–Crippen LogP) is 3.19. The number of allylic oxidation sites excluding steroid dienone is 1. The van der Waals surface area contributed by atoms with Crippen LogP contribution in [0.25, 0.3) is 0 Å². The van der Waals surface area contributed by atoms with Gasteiger partial charge < -0.3 is 4.90 Å². The first kappa shape index (κ1) is 9.32. The van der Waals surface area contributed by atoms with E-state index >= 15 is 0 Å². The first-order chi connectivity index (χ1) is 6.90. The lowest BCUT2D eigenvalue weighted by molar-refractivity contribution is 0.360. The van der Waals surface area contributed by atoms with Gasteiger partial charge in [0.2, 0.25) is 0 Å². The van der Waals surface area contributed by atoms with Gasteiger partial charge in [-0.2, -0.15) is 0 Å². The minimum atomic E-state index is 1.07. The van der Waals surface area contributed by atoms with Crippen molar-refractivity contribution in [3.63, 3.8) is 0 Å². The van der Waals surface area contributed by atoms with Crippen LogP contribution in [0.4, 0.5) is 0 Å². The van der Waals surface area contributed by atoms with Crippen LogP contribution in [-0.2, 0) is 6.54 Å². The van der Waals surface area contributed by atoms with Gasteiger partial charge in [-0.1, -0.05) is 43.3 Å². The summed E-state index contributed by atoms with van der Waals surface area (Å²) < 4.78 is 0. The van der Waals surface area contributed by atoms with Crippen molar-refractivity contribution in [2.75, 3.05) is 6.54 Å². The van der Waals surface area contributed by atoms with E-state index in [1.165, 1.54) is 24.2 Å². The van der Waals surface area contributed by atoms with Gasteiger partial charge in [-0.05, 0) is 18.4 Å². The van der Waals surface area contributed by atoms with Gasteiger partial charge >= 0.3 is 0 Å². The van der Waals surface area contributed by atoms with E-state index in [2.05, 4.69) is 48.2 Å². The van der Waals surface area contributed by atoms with Gasteiger partial charge in [0.25, 0.3) is 0 Å². The van der Waals surface area contributed by atoms with Crippen molar-refractivity contribution >= 4 is 0 Å². The van der Waals surface area contributed by atoms with Crippen LogP contribution < -0.4 is 0 Å². The number of nitrogens with zero attached hydrogens (tertiary/aromatic N) is 1. The molecule has 0 bridgehead atoms. The second-order valence-corrected chi connectivity index (χ2v) is 3.74. The summed E-state index contributed by atoms with van der Waals surface area (Å²) >= 11 is 0. The fourth-order valence-corrected chi connectivity index (χ4v) is 2.01. The summed E-state index contributed by atoms with van der Waals surface area (Å²) in [6.45, 7) is 4.49. The molecule has 74 valence electrons. The molecule has 1 heterocycles. The molecule has 0 amide bonds. The molecule has 0 unspecified atom stereocenters. The van der Waals surface area contributed by atoms with Crippen LogP contribution in [0.5, 0.6) is 0 Å². The van der Waals surface area contributed by atoms with Crippen molar-refractivity contribution in [2.24, 2.45) is 0 Å². The third-order valence-electron chi connectivity index (χ3n) is 2.76. The molecule has 1 heteroatoms. The third-order valence-corrected chi connectivity index (χ3v) is 2.76. The number of hydrogen-bond acceptors (Lipinski definition) is 1. The van der Waals surface area contributed by atoms with Crippen molar-refractivity contribution in [1.29, 1.82) is 0 Å². The van der Waals surface area contributed by atoms with Crippen LogP contribution in [0.15, 0.2) is 42.1 Å². The minimum absolute atomic E-state index is 1.07. The molecule has 0 atom stereocenters. The van der Waals surface area contributed by atoms with E-state index in [1.54, 1.807) is 0 Å². The van der Waals surface area contributed by atoms with Gasteiger partial charge in [0, 0.05) is 18.8 Å². The SMILES string of the molecule is CCC1=CCCN1Cc1ccccc1. The van der Waals surface area contributed by atoms with Gasteiger partial charge in [-0.25, -0.2) is 0 Å². The zero-order valence-corrected chi connectivity index (χ0v) is 8.74. The summed E-state index contributed by atoms with van der Waals surface area (Å²) in [7, 11) is 0. The first-order valence-corrected chi connectivity index (χ1v) is 5.38. The highest BCUT2D eigenvalue weighted by Crippen LogP contribution is 2.20. The molecule has 0 saturated heterocycles. The van der Waals surface area contributed by atoms with Crippen LogP contribution in [0.1, 0.15) is 25.3 Å². The van der Waals surface area contributed by atoms with E-state index in [0.29, 0.717) is 0 Å². The minimum Gasteiger partial charge on any atom is -0.370 e. The van der Waals surface area contributed by atoms with Crippen molar-refractivity contribution in [3.8, 4) is 0 Å². The zero-order chi connectivity index (χ0) is 9.80. The van der Waals surface area contributed by atoms with Crippen molar-refractivity contribution in [1.82, 2.24) is 4.90 Å². The third kappa shape index (κ3) is 1.98. The average molecular weight is 187 g/mol. The summed E-state index contributed by atoms with van der Waals surface area (Å²) in [5.74, 6) is 0. The van der Waals surface area contributed by atoms with Crippen LogP contribution in [0, 0.1) is 0 Å². The Kier molecular flexibility index (Phi) is 2.87. The fraction of sp³-hybridized carbons (Fsp3) is 0.385. The standard InChI is InChI=1S/C13H17N/c1-2-13-9-6-10-14(13)11-12-7-4-3-5-8-12/h3-5,7-9H,2,6,10-11H2,1H3. The summed E-state index contributed by atoms with van der Waals surface area (Å²) in [6.07, 6.45) is 4.74. The maximum Gasteiger partial charge on any atom is 0.0426 e. The normalized spacial score (nSPS) is 15.8. The van der Waals surface area contributed by atoms with Gasteiger partial charge in [0.15, 0.2) is 0 Å². The Hall–Kier alpha value is -1.24. The lowest BCUT2D eigenvalue weighted by Crippen LogP contribution is -2.18. The molecule has 0 radical (unpaired) electrons. The Bertz CT molecular complexity index is 313. The molecule has 1 aromatic carbocycles. The quantitative estimate of drug-likeness (QED) is 0.702. The van der Waals surface area contributed by atoms with Crippen LogP contribution >= 0.6 is 0 Å². The van der Waals surface area contributed by atoms with Crippen LogP contribution in [-0.4, -0.2) is 11.4 Å². The average Bonchev–Trinajstić information content (AvgIpc) is 2.67. The summed E-state index contributed by atoms with van der Waals surface area (Å²) in [6, 6.07) is 10.7. The van der Waals surface area contributed by atoms with E-state index in [1.807, 2.05) is 0 Å². The lowest BCUT2D eigenvalue weighted by atomic mass is 10.2. The number of hydrogen-bond donors (Lipinski definition) is 0. The highest BCUT2D eigenvalue weighted by Gasteiger charge is 2.12. The molecule has 0 saturated carbocycles. The molecular weight excluding hydrogens is 170 g/mol. The van der Waals surface area contributed by atoms with Gasteiger partial charge in [0.1, 0.15) is 0 Å². The number of rotatable bonds is 3. The molecule has 0 N–H and O–H groups in total. The monoisotopic (exact) mass is 187 g/mol. The molecule has 0 spiro atoms. The lowest BCUT2D eigenvalue weighted by Gasteiger charge is -2.21. The fourth-order valence-electron chi connectivity index (χ4n) is 2.01. The smallest absolute Gasteiger partial charge is 0.0426 e. The second-order valence-electron chi connectivity index (χ2n) is 3.74. The molecule has 0 fully saturated rings. The highest BCUT2D eigenvalue weighted by molar-refractivity contribution is 5.17. The first-order valence-electron chi connectivity index (χ1n) is 5.38. The molecular formula is C13H17N.